The number of hydrogen-bond donors (Lipinski definition) is 1. The van der Waals surface area contributed by atoms with Crippen LogP contribution in [0.4, 0.5) is 0 Å². The van der Waals surface area contributed by atoms with Crippen molar-refractivity contribution in [3.8, 4) is 22.5 Å². The highest BCUT2D eigenvalue weighted by atomic mass is 16.1. The van der Waals surface area contributed by atoms with E-state index in [0.717, 1.165) is 60.1 Å². The Morgan fingerprint density at radius 1 is 1.12 bits per heavy atom. The lowest BCUT2D eigenvalue weighted by molar-refractivity contribution is 0.598. The summed E-state index contributed by atoms with van der Waals surface area (Å²) in [5.41, 5.74) is 5.08. The van der Waals surface area contributed by atoms with Crippen molar-refractivity contribution in [2.45, 2.75) is 58.5 Å². The third-order valence-corrected chi connectivity index (χ3v) is 6.68. The highest BCUT2D eigenvalue weighted by Gasteiger charge is 2.38. The number of aryl methyl sites for hydroxylation is 1. The first-order valence-electron chi connectivity index (χ1n) is 11.8. The van der Waals surface area contributed by atoms with Gasteiger partial charge in [-0.25, -0.2) is 4.79 Å². The number of aromatic amines is 1. The van der Waals surface area contributed by atoms with Gasteiger partial charge in [0, 0.05) is 35.9 Å². The Morgan fingerprint density at radius 3 is 2.70 bits per heavy atom. The molecule has 1 aliphatic carbocycles. The van der Waals surface area contributed by atoms with Crippen LogP contribution in [0.25, 0.3) is 22.5 Å². The largest absolute Gasteiger partial charge is 0.328 e. The molecule has 3 heterocycles. The van der Waals surface area contributed by atoms with Crippen molar-refractivity contribution in [1.29, 1.82) is 0 Å². The second kappa shape index (κ2) is 9.13. The van der Waals surface area contributed by atoms with E-state index in [-0.39, 0.29) is 5.69 Å². The van der Waals surface area contributed by atoms with E-state index in [1.54, 1.807) is 6.20 Å². The Hall–Kier alpha value is -3.55. The maximum atomic E-state index is 13.5. The van der Waals surface area contributed by atoms with Gasteiger partial charge in [0.15, 0.2) is 0 Å². The second-order valence-electron chi connectivity index (χ2n) is 8.79. The van der Waals surface area contributed by atoms with Gasteiger partial charge in [-0.2, -0.15) is 5.21 Å². The molecule has 33 heavy (non-hydrogen) atoms. The highest BCUT2D eigenvalue weighted by Crippen LogP contribution is 2.44. The molecule has 1 aromatic carbocycles. The number of nitrogens with one attached hydrogen (secondary N) is 1. The summed E-state index contributed by atoms with van der Waals surface area (Å²) >= 11 is 0. The quantitative estimate of drug-likeness (QED) is 0.417. The molecule has 3 aromatic heterocycles. The zero-order valence-corrected chi connectivity index (χ0v) is 19.1. The monoisotopic (exact) mass is 443 g/mol. The topological polar surface area (TPSA) is 94.3 Å². The van der Waals surface area contributed by atoms with Crippen molar-refractivity contribution < 1.29 is 0 Å². The maximum Gasteiger partial charge on any atom is 0.328 e. The minimum Gasteiger partial charge on any atom is -0.296 e. The Bertz CT molecular complexity index is 1290. The third-order valence-electron chi connectivity index (χ3n) is 6.68. The van der Waals surface area contributed by atoms with Crippen molar-refractivity contribution in [1.82, 2.24) is 34.7 Å². The summed E-state index contributed by atoms with van der Waals surface area (Å²) in [6, 6.07) is 10.3. The van der Waals surface area contributed by atoms with Gasteiger partial charge in [0.2, 0.25) is 5.82 Å². The Labute approximate surface area is 192 Å². The molecular weight excluding hydrogens is 414 g/mol. The molecule has 8 nitrogen and oxygen atoms in total. The average molecular weight is 444 g/mol. The van der Waals surface area contributed by atoms with Crippen LogP contribution >= 0.6 is 0 Å². The van der Waals surface area contributed by atoms with Crippen molar-refractivity contribution >= 4 is 0 Å². The molecule has 8 heteroatoms. The lowest BCUT2D eigenvalue weighted by Gasteiger charge is -2.13. The van der Waals surface area contributed by atoms with E-state index in [1.165, 1.54) is 0 Å². The van der Waals surface area contributed by atoms with E-state index in [2.05, 4.69) is 45.7 Å². The summed E-state index contributed by atoms with van der Waals surface area (Å²) in [6.07, 6.45) is 11.0. The first-order valence-corrected chi connectivity index (χ1v) is 11.8. The summed E-state index contributed by atoms with van der Waals surface area (Å²) in [5, 5.41) is 14.6. The molecule has 1 N–H and O–H groups in total. The molecule has 0 bridgehead atoms. The minimum atomic E-state index is 0.0864. The standard InChI is InChI=1S/C25H29N7O/c1-3-5-8-19-16-32(23-13-17(23)4-2)25(33)31(19)15-18-14-26-12-11-20(18)21-9-6-7-10-22(21)24-27-29-30-28-24/h6-7,9-12,14,16-17,23H,3-5,8,13,15H2,1-2H3,(H,27,28,29,30). The van der Waals surface area contributed by atoms with Crippen LogP contribution in [0, 0.1) is 5.92 Å². The van der Waals surface area contributed by atoms with E-state index in [9.17, 15) is 4.79 Å². The van der Waals surface area contributed by atoms with Crippen LogP contribution in [0.15, 0.2) is 53.7 Å². The lowest BCUT2D eigenvalue weighted by Crippen LogP contribution is -2.25. The summed E-state index contributed by atoms with van der Waals surface area (Å²) in [5.74, 6) is 1.16. The van der Waals surface area contributed by atoms with Crippen molar-refractivity contribution in [3.63, 3.8) is 0 Å². The first-order chi connectivity index (χ1) is 16.2. The Morgan fingerprint density at radius 2 is 1.97 bits per heavy atom. The summed E-state index contributed by atoms with van der Waals surface area (Å²) in [4.78, 5) is 17.9. The predicted octanol–water partition coefficient (Wildman–Crippen LogP) is 4.25. The van der Waals surface area contributed by atoms with Gasteiger partial charge in [0.25, 0.3) is 0 Å². The number of rotatable bonds is 9. The van der Waals surface area contributed by atoms with Gasteiger partial charge in [-0.3, -0.25) is 14.1 Å². The van der Waals surface area contributed by atoms with Crippen LogP contribution < -0.4 is 5.69 Å². The van der Waals surface area contributed by atoms with E-state index < -0.39 is 0 Å². The Balaban J connectivity index is 1.56. The fourth-order valence-electron chi connectivity index (χ4n) is 4.70. The summed E-state index contributed by atoms with van der Waals surface area (Å²) in [7, 11) is 0. The number of H-pyrrole nitrogens is 1. The fraction of sp³-hybridized carbons (Fsp3) is 0.400. The third kappa shape index (κ3) is 4.13. The van der Waals surface area contributed by atoms with Crippen LogP contribution in [-0.4, -0.2) is 34.7 Å². The molecule has 0 amide bonds. The molecular formula is C25H29N7O. The molecule has 2 unspecified atom stereocenters. The molecule has 5 rings (SSSR count). The van der Waals surface area contributed by atoms with Gasteiger partial charge >= 0.3 is 5.69 Å². The molecule has 4 aromatic rings. The second-order valence-corrected chi connectivity index (χ2v) is 8.79. The zero-order valence-electron chi connectivity index (χ0n) is 19.1. The number of pyridine rings is 1. The van der Waals surface area contributed by atoms with E-state index in [4.69, 9.17) is 0 Å². The van der Waals surface area contributed by atoms with Crippen molar-refractivity contribution in [3.05, 3.63) is 70.7 Å². The molecule has 0 radical (unpaired) electrons. The normalized spacial score (nSPS) is 17.4. The van der Waals surface area contributed by atoms with E-state index >= 15 is 0 Å². The number of hydrogen-bond acceptors (Lipinski definition) is 5. The van der Waals surface area contributed by atoms with Crippen molar-refractivity contribution in [2.75, 3.05) is 0 Å². The fourth-order valence-corrected chi connectivity index (χ4v) is 4.70. The first kappa shape index (κ1) is 21.3. The van der Waals surface area contributed by atoms with Gasteiger partial charge in [-0.15, -0.1) is 10.2 Å². The Kier molecular flexibility index (Phi) is 5.90. The molecule has 0 saturated heterocycles. The van der Waals surface area contributed by atoms with Gasteiger partial charge in [0.05, 0.1) is 6.54 Å². The van der Waals surface area contributed by atoms with Gasteiger partial charge < -0.3 is 0 Å². The van der Waals surface area contributed by atoms with Crippen LogP contribution in [-0.2, 0) is 13.0 Å². The molecule has 0 aliphatic heterocycles. The molecule has 170 valence electrons. The van der Waals surface area contributed by atoms with Crippen molar-refractivity contribution in [2.24, 2.45) is 5.92 Å². The van der Waals surface area contributed by atoms with Gasteiger partial charge in [-0.05, 0) is 53.2 Å². The lowest BCUT2D eigenvalue weighted by atomic mass is 9.96. The van der Waals surface area contributed by atoms with Crippen LogP contribution in [0.1, 0.15) is 56.8 Å². The average Bonchev–Trinajstić information content (AvgIpc) is 3.29. The number of tetrazole rings is 1. The van der Waals surface area contributed by atoms with Crippen LogP contribution in [0.5, 0.6) is 0 Å². The molecule has 0 spiro atoms. The summed E-state index contributed by atoms with van der Waals surface area (Å²) in [6.45, 7) is 4.87. The maximum absolute atomic E-state index is 13.5. The number of imidazole rings is 1. The predicted molar refractivity (Wildman–Crippen MR) is 127 cm³/mol. The molecule has 1 fully saturated rings. The SMILES string of the molecule is CCCCc1cn(C2CC2CC)c(=O)n1Cc1cnccc1-c1ccccc1-c1nn[nH]n1. The molecule has 1 saturated carbocycles. The zero-order chi connectivity index (χ0) is 22.8. The van der Waals surface area contributed by atoms with Crippen LogP contribution in [0.3, 0.4) is 0 Å². The van der Waals surface area contributed by atoms with E-state index in [1.807, 2.05) is 45.7 Å². The summed E-state index contributed by atoms with van der Waals surface area (Å²) < 4.78 is 3.92. The minimum absolute atomic E-state index is 0.0864. The van der Waals surface area contributed by atoms with Crippen LogP contribution in [0.2, 0.25) is 0 Å². The number of unbranched alkanes of at least 4 members (excludes halogenated alkanes) is 1. The highest BCUT2D eigenvalue weighted by molar-refractivity contribution is 5.81. The number of aromatic nitrogens is 7. The smallest absolute Gasteiger partial charge is 0.296 e. The number of benzene rings is 1. The molecule has 2 atom stereocenters. The van der Waals surface area contributed by atoms with Gasteiger partial charge in [0.1, 0.15) is 0 Å². The van der Waals surface area contributed by atoms with E-state index in [0.29, 0.717) is 24.3 Å². The number of nitrogens with zero attached hydrogens (tertiary/aromatic N) is 6. The molecule has 1 aliphatic rings. The van der Waals surface area contributed by atoms with Gasteiger partial charge in [-0.1, -0.05) is 51.0 Å².